The molecular formula is C27H29N7O. The summed E-state index contributed by atoms with van der Waals surface area (Å²) in [4.78, 5) is 18.7. The molecule has 0 aliphatic rings. The summed E-state index contributed by atoms with van der Waals surface area (Å²) in [5.74, 6) is 1.63. The van der Waals surface area contributed by atoms with Crippen LogP contribution in [-0.4, -0.2) is 34.7 Å². The Balaban J connectivity index is 1.54. The number of fused-ring (bicyclic) bond motifs is 1. The highest BCUT2D eigenvalue weighted by atomic mass is 16.1. The Labute approximate surface area is 203 Å². The Morgan fingerprint density at radius 1 is 1.03 bits per heavy atom. The van der Waals surface area contributed by atoms with E-state index < -0.39 is 0 Å². The van der Waals surface area contributed by atoms with Crippen LogP contribution in [0.1, 0.15) is 50.1 Å². The van der Waals surface area contributed by atoms with Crippen LogP contribution in [0.15, 0.2) is 59.5 Å². The maximum absolute atomic E-state index is 13.7. The molecule has 0 atom stereocenters. The van der Waals surface area contributed by atoms with Gasteiger partial charge in [0.15, 0.2) is 0 Å². The molecule has 178 valence electrons. The van der Waals surface area contributed by atoms with Crippen LogP contribution in [0.3, 0.4) is 0 Å². The van der Waals surface area contributed by atoms with E-state index in [1.54, 1.807) is 0 Å². The summed E-state index contributed by atoms with van der Waals surface area (Å²) in [7, 11) is 1.96. The van der Waals surface area contributed by atoms with Crippen molar-refractivity contribution in [3.05, 3.63) is 82.0 Å². The number of aromatic amines is 1. The van der Waals surface area contributed by atoms with Crippen molar-refractivity contribution in [3.63, 3.8) is 0 Å². The van der Waals surface area contributed by atoms with Gasteiger partial charge in [-0.2, -0.15) is 5.21 Å². The van der Waals surface area contributed by atoms with Crippen LogP contribution < -0.4 is 5.56 Å². The van der Waals surface area contributed by atoms with Crippen molar-refractivity contribution in [2.45, 2.75) is 46.1 Å². The standard InChI is InChI=1S/C27H29N7O/c1-5-8-23-28-26-24(22(17(2)3)16-33(26)4)27(35)34(23)15-18-11-13-19(14-12-18)20-9-6-7-10-21(20)25-29-31-32-30-25/h6-7,9-14,16-17H,5,8,15H2,1-4H3,(H,29,30,31,32). The van der Waals surface area contributed by atoms with Crippen LogP contribution in [0.2, 0.25) is 0 Å². The van der Waals surface area contributed by atoms with Gasteiger partial charge in [-0.1, -0.05) is 69.3 Å². The molecule has 0 spiro atoms. The number of hydrogen-bond donors (Lipinski definition) is 1. The minimum Gasteiger partial charge on any atom is -0.335 e. The summed E-state index contributed by atoms with van der Waals surface area (Å²) in [5.41, 5.74) is 5.89. The average Bonchev–Trinajstić information content (AvgIpc) is 3.51. The maximum Gasteiger partial charge on any atom is 0.263 e. The Morgan fingerprint density at radius 2 is 1.77 bits per heavy atom. The van der Waals surface area contributed by atoms with E-state index >= 15 is 0 Å². The Kier molecular flexibility index (Phi) is 6.03. The second-order valence-corrected chi connectivity index (χ2v) is 9.20. The van der Waals surface area contributed by atoms with Crippen molar-refractivity contribution in [1.82, 2.24) is 34.7 Å². The van der Waals surface area contributed by atoms with Gasteiger partial charge in [0, 0.05) is 25.2 Å². The Hall–Kier alpha value is -4.07. The Bertz CT molecular complexity index is 1530. The maximum atomic E-state index is 13.7. The van der Waals surface area contributed by atoms with Crippen LogP contribution in [0.5, 0.6) is 0 Å². The topological polar surface area (TPSA) is 94.3 Å². The Morgan fingerprint density at radius 3 is 2.43 bits per heavy atom. The third-order valence-corrected chi connectivity index (χ3v) is 6.40. The van der Waals surface area contributed by atoms with Crippen LogP contribution in [0.4, 0.5) is 0 Å². The van der Waals surface area contributed by atoms with Gasteiger partial charge in [0.2, 0.25) is 5.82 Å². The minimum absolute atomic E-state index is 0.0364. The first-order valence-corrected chi connectivity index (χ1v) is 12.0. The van der Waals surface area contributed by atoms with E-state index in [0.29, 0.717) is 12.4 Å². The van der Waals surface area contributed by atoms with E-state index in [0.717, 1.165) is 57.5 Å². The third kappa shape index (κ3) is 4.16. The zero-order valence-electron chi connectivity index (χ0n) is 20.5. The number of rotatable bonds is 7. The molecule has 0 saturated heterocycles. The van der Waals surface area contributed by atoms with Gasteiger partial charge >= 0.3 is 0 Å². The molecule has 3 aromatic heterocycles. The number of tetrazole rings is 1. The van der Waals surface area contributed by atoms with Crippen molar-refractivity contribution in [1.29, 1.82) is 0 Å². The lowest BCUT2D eigenvalue weighted by Crippen LogP contribution is -2.26. The highest BCUT2D eigenvalue weighted by molar-refractivity contribution is 5.81. The largest absolute Gasteiger partial charge is 0.335 e. The monoisotopic (exact) mass is 467 g/mol. The quantitative estimate of drug-likeness (QED) is 0.374. The van der Waals surface area contributed by atoms with Gasteiger partial charge in [0.05, 0.1) is 11.9 Å². The second-order valence-electron chi connectivity index (χ2n) is 9.20. The van der Waals surface area contributed by atoms with Gasteiger partial charge < -0.3 is 4.57 Å². The normalized spacial score (nSPS) is 11.6. The highest BCUT2D eigenvalue weighted by Gasteiger charge is 2.19. The molecule has 8 nitrogen and oxygen atoms in total. The molecule has 0 bridgehead atoms. The molecule has 5 aromatic rings. The van der Waals surface area contributed by atoms with Crippen molar-refractivity contribution < 1.29 is 0 Å². The molecule has 0 saturated carbocycles. The molecular weight excluding hydrogens is 438 g/mol. The molecule has 0 aliphatic carbocycles. The van der Waals surface area contributed by atoms with Crippen molar-refractivity contribution in [3.8, 4) is 22.5 Å². The first kappa shape index (κ1) is 22.7. The second kappa shape index (κ2) is 9.29. The molecule has 0 radical (unpaired) electrons. The number of H-pyrrole nitrogens is 1. The lowest BCUT2D eigenvalue weighted by Gasteiger charge is -2.14. The summed E-state index contributed by atoms with van der Waals surface area (Å²) in [5, 5.41) is 15.2. The van der Waals surface area contributed by atoms with E-state index in [-0.39, 0.29) is 11.5 Å². The lowest BCUT2D eigenvalue weighted by molar-refractivity contribution is 0.662. The predicted molar refractivity (Wildman–Crippen MR) is 137 cm³/mol. The first-order valence-electron chi connectivity index (χ1n) is 12.0. The van der Waals surface area contributed by atoms with Gasteiger partial charge in [-0.3, -0.25) is 9.36 Å². The predicted octanol–water partition coefficient (Wildman–Crippen LogP) is 4.71. The van der Waals surface area contributed by atoms with E-state index in [1.165, 1.54) is 0 Å². The molecule has 0 aliphatic heterocycles. The molecule has 1 N–H and O–H groups in total. The summed E-state index contributed by atoms with van der Waals surface area (Å²) in [6.07, 6.45) is 3.72. The molecule has 35 heavy (non-hydrogen) atoms. The van der Waals surface area contributed by atoms with Crippen LogP contribution in [-0.2, 0) is 20.0 Å². The van der Waals surface area contributed by atoms with Crippen LogP contribution in [0, 0.1) is 0 Å². The zero-order chi connectivity index (χ0) is 24.5. The lowest BCUT2D eigenvalue weighted by atomic mass is 9.98. The third-order valence-electron chi connectivity index (χ3n) is 6.40. The van der Waals surface area contributed by atoms with Crippen LogP contribution in [0.25, 0.3) is 33.5 Å². The number of aryl methyl sites for hydroxylation is 2. The number of aromatic nitrogens is 7. The van der Waals surface area contributed by atoms with Crippen molar-refractivity contribution in [2.75, 3.05) is 0 Å². The molecule has 0 amide bonds. The van der Waals surface area contributed by atoms with Gasteiger partial charge in [-0.25, -0.2) is 4.98 Å². The van der Waals surface area contributed by atoms with E-state index in [2.05, 4.69) is 65.7 Å². The van der Waals surface area contributed by atoms with E-state index in [1.807, 2.05) is 46.6 Å². The fourth-order valence-electron chi connectivity index (χ4n) is 4.62. The number of hydrogen-bond acceptors (Lipinski definition) is 5. The smallest absolute Gasteiger partial charge is 0.263 e. The van der Waals surface area contributed by atoms with Crippen LogP contribution >= 0.6 is 0 Å². The van der Waals surface area contributed by atoms with Gasteiger partial charge in [0.1, 0.15) is 11.5 Å². The van der Waals surface area contributed by atoms with Gasteiger partial charge in [-0.15, -0.1) is 10.2 Å². The van der Waals surface area contributed by atoms with E-state index in [4.69, 9.17) is 4.98 Å². The molecule has 5 rings (SSSR count). The fraction of sp³-hybridized carbons (Fsp3) is 0.296. The number of benzene rings is 2. The SMILES string of the molecule is CCCc1nc2c(c(C(C)C)cn2C)c(=O)n1Cc1ccc(-c2ccccc2-c2nn[nH]n2)cc1. The molecule has 3 heterocycles. The summed E-state index contributed by atoms with van der Waals surface area (Å²) < 4.78 is 3.82. The molecule has 8 heteroatoms. The fourth-order valence-corrected chi connectivity index (χ4v) is 4.62. The van der Waals surface area contributed by atoms with Crippen molar-refractivity contribution >= 4 is 11.0 Å². The zero-order valence-corrected chi connectivity index (χ0v) is 20.5. The van der Waals surface area contributed by atoms with Crippen molar-refractivity contribution in [2.24, 2.45) is 7.05 Å². The molecule has 0 fully saturated rings. The van der Waals surface area contributed by atoms with Gasteiger partial charge in [-0.05, 0) is 39.8 Å². The number of nitrogens with one attached hydrogen (secondary N) is 1. The minimum atomic E-state index is 0.0364. The molecule has 0 unspecified atom stereocenters. The van der Waals surface area contributed by atoms with Gasteiger partial charge in [0.25, 0.3) is 5.56 Å². The highest BCUT2D eigenvalue weighted by Crippen LogP contribution is 2.30. The summed E-state index contributed by atoms with van der Waals surface area (Å²) >= 11 is 0. The number of nitrogens with zero attached hydrogens (tertiary/aromatic N) is 6. The van der Waals surface area contributed by atoms with E-state index in [9.17, 15) is 4.79 Å². The molecule has 2 aromatic carbocycles. The average molecular weight is 468 g/mol. The summed E-state index contributed by atoms with van der Waals surface area (Å²) in [6.45, 7) is 6.82. The first-order chi connectivity index (χ1) is 17.0. The summed E-state index contributed by atoms with van der Waals surface area (Å²) in [6, 6.07) is 16.3.